The Hall–Kier alpha value is -1.39. The molecule has 0 saturated heterocycles. The lowest BCUT2D eigenvalue weighted by Crippen LogP contribution is -2.27. The van der Waals surface area contributed by atoms with Crippen molar-refractivity contribution < 1.29 is 8.78 Å². The molecule has 0 radical (unpaired) electrons. The molecule has 2 unspecified atom stereocenters. The minimum absolute atomic E-state index is 0.0720. The minimum Gasteiger partial charge on any atom is -0.371 e. The minimum atomic E-state index is -0.669. The quantitative estimate of drug-likeness (QED) is 0.869. The normalized spacial score (nSPS) is 23.8. The van der Waals surface area contributed by atoms with Gasteiger partial charge in [-0.25, -0.2) is 13.8 Å². The van der Waals surface area contributed by atoms with Crippen LogP contribution in [0.1, 0.15) is 32.6 Å². The van der Waals surface area contributed by atoms with E-state index in [-0.39, 0.29) is 17.7 Å². The maximum absolute atomic E-state index is 13.6. The number of anilines is 2. The monoisotopic (exact) mass is 255 g/mol. The fourth-order valence-electron chi connectivity index (χ4n) is 2.50. The van der Waals surface area contributed by atoms with Crippen LogP contribution >= 0.6 is 0 Å². The van der Waals surface area contributed by atoms with Crippen LogP contribution in [0.5, 0.6) is 0 Å². The van der Waals surface area contributed by atoms with Gasteiger partial charge in [0.15, 0.2) is 23.3 Å². The van der Waals surface area contributed by atoms with Gasteiger partial charge in [-0.2, -0.15) is 0 Å². The Morgan fingerprint density at radius 2 is 1.94 bits per heavy atom. The first-order valence-electron chi connectivity index (χ1n) is 6.40. The molecule has 0 amide bonds. The van der Waals surface area contributed by atoms with Crippen LogP contribution in [0.15, 0.2) is 6.07 Å². The summed E-state index contributed by atoms with van der Waals surface area (Å²) in [6.45, 7) is 2.20. The topological polar surface area (TPSA) is 37.0 Å². The smallest absolute Gasteiger partial charge is 0.168 e. The van der Waals surface area contributed by atoms with Crippen LogP contribution in [-0.2, 0) is 0 Å². The molecule has 18 heavy (non-hydrogen) atoms. The van der Waals surface area contributed by atoms with Gasteiger partial charge in [0, 0.05) is 19.2 Å². The number of nitrogens with zero attached hydrogens (tertiary/aromatic N) is 1. The zero-order chi connectivity index (χ0) is 13.1. The molecule has 2 rings (SSSR count). The predicted molar refractivity (Wildman–Crippen MR) is 68.7 cm³/mol. The third-order valence-electron chi connectivity index (χ3n) is 3.44. The molecule has 1 saturated carbocycles. The highest BCUT2D eigenvalue weighted by Crippen LogP contribution is 2.27. The highest BCUT2D eigenvalue weighted by molar-refractivity contribution is 5.47. The lowest BCUT2D eigenvalue weighted by molar-refractivity contribution is 0.357. The molecule has 0 aromatic carbocycles. The maximum atomic E-state index is 13.6. The molecule has 1 fully saturated rings. The van der Waals surface area contributed by atoms with Crippen LogP contribution in [0.25, 0.3) is 0 Å². The number of aromatic nitrogens is 1. The maximum Gasteiger partial charge on any atom is 0.168 e. The molecule has 2 atom stereocenters. The van der Waals surface area contributed by atoms with Crippen molar-refractivity contribution in [2.75, 3.05) is 17.7 Å². The predicted octanol–water partition coefficient (Wildman–Crippen LogP) is 3.39. The first-order valence-corrected chi connectivity index (χ1v) is 6.40. The Bertz CT molecular complexity index is 423. The molecule has 1 aliphatic carbocycles. The van der Waals surface area contributed by atoms with Crippen molar-refractivity contribution in [1.82, 2.24) is 4.98 Å². The summed E-state index contributed by atoms with van der Waals surface area (Å²) < 4.78 is 26.9. The van der Waals surface area contributed by atoms with Gasteiger partial charge in [-0.05, 0) is 18.8 Å². The van der Waals surface area contributed by atoms with Gasteiger partial charge in [0.25, 0.3) is 0 Å². The molecule has 1 aromatic heterocycles. The molecule has 0 aliphatic heterocycles. The molecule has 2 N–H and O–H groups in total. The number of rotatable bonds is 3. The standard InChI is InChI=1S/C13H19F2N3/c1-8-4-3-5-9(6-8)17-13-11(15)7-10(14)12(16-2)18-13/h7-9H,3-6H2,1-2H3,(H2,16,17,18). The third-order valence-corrected chi connectivity index (χ3v) is 3.44. The summed E-state index contributed by atoms with van der Waals surface area (Å²) in [7, 11) is 1.57. The Morgan fingerprint density at radius 1 is 1.22 bits per heavy atom. The second-order valence-electron chi connectivity index (χ2n) is 5.01. The van der Waals surface area contributed by atoms with Crippen LogP contribution in [0.3, 0.4) is 0 Å². The fraction of sp³-hybridized carbons (Fsp3) is 0.615. The van der Waals surface area contributed by atoms with Crippen molar-refractivity contribution in [1.29, 1.82) is 0 Å². The van der Waals surface area contributed by atoms with Crippen LogP contribution in [-0.4, -0.2) is 18.1 Å². The Balaban J connectivity index is 2.13. The van der Waals surface area contributed by atoms with Gasteiger partial charge in [0.05, 0.1) is 0 Å². The van der Waals surface area contributed by atoms with Gasteiger partial charge in [-0.15, -0.1) is 0 Å². The van der Waals surface area contributed by atoms with Crippen LogP contribution in [0.2, 0.25) is 0 Å². The number of nitrogens with one attached hydrogen (secondary N) is 2. The Labute approximate surface area is 106 Å². The van der Waals surface area contributed by atoms with E-state index < -0.39 is 11.6 Å². The molecule has 1 aliphatic rings. The van der Waals surface area contributed by atoms with E-state index in [1.807, 2.05) is 0 Å². The Kier molecular flexibility index (Phi) is 3.99. The van der Waals surface area contributed by atoms with Gasteiger partial charge in [-0.3, -0.25) is 0 Å². The van der Waals surface area contributed by atoms with E-state index in [1.54, 1.807) is 7.05 Å². The first kappa shape index (κ1) is 13.1. The number of hydrogen-bond acceptors (Lipinski definition) is 3. The highest BCUT2D eigenvalue weighted by Gasteiger charge is 2.21. The molecule has 1 aromatic rings. The van der Waals surface area contributed by atoms with E-state index in [1.165, 1.54) is 6.42 Å². The number of hydrogen-bond donors (Lipinski definition) is 2. The van der Waals surface area contributed by atoms with E-state index in [0.717, 1.165) is 25.3 Å². The Morgan fingerprint density at radius 3 is 2.61 bits per heavy atom. The number of halogens is 2. The van der Waals surface area contributed by atoms with E-state index in [9.17, 15) is 8.78 Å². The van der Waals surface area contributed by atoms with Gasteiger partial charge in [0.2, 0.25) is 0 Å². The molecule has 1 heterocycles. The molecule has 0 spiro atoms. The van der Waals surface area contributed by atoms with Crippen LogP contribution in [0, 0.1) is 17.6 Å². The van der Waals surface area contributed by atoms with Crippen molar-refractivity contribution in [2.45, 2.75) is 38.6 Å². The van der Waals surface area contributed by atoms with E-state index in [2.05, 4.69) is 22.5 Å². The fourth-order valence-corrected chi connectivity index (χ4v) is 2.50. The number of pyridine rings is 1. The summed E-state index contributed by atoms with van der Waals surface area (Å²) in [5.74, 6) is -0.451. The third kappa shape index (κ3) is 2.89. The SMILES string of the molecule is CNc1nc(NC2CCCC(C)C2)c(F)cc1F. The van der Waals surface area contributed by atoms with Gasteiger partial charge in [0.1, 0.15) is 0 Å². The zero-order valence-corrected chi connectivity index (χ0v) is 10.8. The van der Waals surface area contributed by atoms with Crippen LogP contribution < -0.4 is 10.6 Å². The molecular weight excluding hydrogens is 236 g/mol. The molecule has 100 valence electrons. The van der Waals surface area contributed by atoms with Crippen molar-refractivity contribution >= 4 is 11.6 Å². The second kappa shape index (κ2) is 5.50. The average molecular weight is 255 g/mol. The van der Waals surface area contributed by atoms with Gasteiger partial charge in [-0.1, -0.05) is 19.8 Å². The first-order chi connectivity index (χ1) is 8.60. The highest BCUT2D eigenvalue weighted by atomic mass is 19.1. The summed E-state index contributed by atoms with van der Waals surface area (Å²) in [6.07, 6.45) is 4.38. The zero-order valence-electron chi connectivity index (χ0n) is 10.8. The molecule has 3 nitrogen and oxygen atoms in total. The van der Waals surface area contributed by atoms with Gasteiger partial charge >= 0.3 is 0 Å². The summed E-state index contributed by atoms with van der Waals surface area (Å²) in [5.41, 5.74) is 0. The lowest BCUT2D eigenvalue weighted by Gasteiger charge is -2.28. The lowest BCUT2D eigenvalue weighted by atomic mass is 9.87. The van der Waals surface area contributed by atoms with Crippen molar-refractivity contribution in [3.05, 3.63) is 17.7 Å². The largest absolute Gasteiger partial charge is 0.371 e. The van der Waals surface area contributed by atoms with Crippen molar-refractivity contribution in [3.8, 4) is 0 Å². The summed E-state index contributed by atoms with van der Waals surface area (Å²) in [6, 6.07) is 1.10. The van der Waals surface area contributed by atoms with Gasteiger partial charge < -0.3 is 10.6 Å². The average Bonchev–Trinajstić information content (AvgIpc) is 2.33. The van der Waals surface area contributed by atoms with E-state index in [4.69, 9.17) is 0 Å². The van der Waals surface area contributed by atoms with Crippen LogP contribution in [0.4, 0.5) is 20.4 Å². The summed E-state index contributed by atoms with van der Waals surface area (Å²) in [5, 5.41) is 5.70. The molecular formula is C13H19F2N3. The summed E-state index contributed by atoms with van der Waals surface area (Å²) >= 11 is 0. The van der Waals surface area contributed by atoms with Crippen molar-refractivity contribution in [3.63, 3.8) is 0 Å². The van der Waals surface area contributed by atoms with E-state index in [0.29, 0.717) is 5.92 Å². The molecule has 0 bridgehead atoms. The van der Waals surface area contributed by atoms with E-state index >= 15 is 0 Å². The van der Waals surface area contributed by atoms with Crippen molar-refractivity contribution in [2.24, 2.45) is 5.92 Å². The summed E-state index contributed by atoms with van der Waals surface area (Å²) in [4.78, 5) is 3.94. The second-order valence-corrected chi connectivity index (χ2v) is 5.01. The molecule has 5 heteroatoms.